The van der Waals surface area contributed by atoms with Crippen LogP contribution in [0.1, 0.15) is 49.3 Å². The fourth-order valence-corrected chi connectivity index (χ4v) is 3.08. The second-order valence-corrected chi connectivity index (χ2v) is 5.97. The second-order valence-electron chi connectivity index (χ2n) is 5.56. The summed E-state index contributed by atoms with van der Waals surface area (Å²) in [5, 5.41) is 0.850. The minimum atomic E-state index is 0.316. The summed E-state index contributed by atoms with van der Waals surface area (Å²) < 4.78 is 0. The average molecular weight is 281 g/mol. The molecule has 19 heavy (non-hydrogen) atoms. The molecule has 1 aliphatic heterocycles. The number of halogens is 1. The van der Waals surface area contributed by atoms with Gasteiger partial charge in [0, 0.05) is 17.6 Å². The summed E-state index contributed by atoms with van der Waals surface area (Å²) in [5.41, 5.74) is 8.42. The van der Waals surface area contributed by atoms with Crippen molar-refractivity contribution < 1.29 is 0 Å². The van der Waals surface area contributed by atoms with E-state index in [1.165, 1.54) is 37.7 Å². The van der Waals surface area contributed by atoms with Crippen LogP contribution in [0.4, 0.5) is 0 Å². The van der Waals surface area contributed by atoms with Crippen molar-refractivity contribution in [3.8, 4) is 0 Å². The molecule has 1 aromatic rings. The number of hydrogen-bond acceptors (Lipinski definition) is 2. The van der Waals surface area contributed by atoms with Crippen molar-refractivity contribution in [1.82, 2.24) is 4.90 Å². The van der Waals surface area contributed by atoms with Gasteiger partial charge in [0.15, 0.2) is 0 Å². The molecule has 0 bridgehead atoms. The first-order chi connectivity index (χ1) is 9.22. The van der Waals surface area contributed by atoms with Crippen LogP contribution in [0.15, 0.2) is 18.2 Å². The molecule has 0 aliphatic carbocycles. The van der Waals surface area contributed by atoms with Gasteiger partial charge in [0.1, 0.15) is 0 Å². The van der Waals surface area contributed by atoms with E-state index in [0.717, 1.165) is 23.7 Å². The Morgan fingerprint density at radius 1 is 1.16 bits per heavy atom. The van der Waals surface area contributed by atoms with Crippen LogP contribution < -0.4 is 5.73 Å². The highest BCUT2D eigenvalue weighted by atomic mass is 35.5. The molecule has 0 saturated carbocycles. The number of nitrogens with two attached hydrogens (primary N) is 1. The molecule has 1 aromatic carbocycles. The highest BCUT2D eigenvalue weighted by Gasteiger charge is 2.20. The summed E-state index contributed by atoms with van der Waals surface area (Å²) in [6.45, 7) is 5.03. The van der Waals surface area contributed by atoms with Gasteiger partial charge in [0.25, 0.3) is 0 Å². The molecule has 1 unspecified atom stereocenters. The Hall–Kier alpha value is -0.570. The SMILES string of the molecule is Cc1ccc(C(CN)N2CCCCCCC2)cc1Cl. The van der Waals surface area contributed by atoms with E-state index >= 15 is 0 Å². The van der Waals surface area contributed by atoms with Crippen molar-refractivity contribution in [2.75, 3.05) is 19.6 Å². The highest BCUT2D eigenvalue weighted by Crippen LogP contribution is 2.26. The number of aryl methyl sites for hydroxylation is 1. The third kappa shape index (κ3) is 3.95. The summed E-state index contributed by atoms with van der Waals surface area (Å²) in [6, 6.07) is 6.69. The van der Waals surface area contributed by atoms with Crippen molar-refractivity contribution in [3.05, 3.63) is 34.3 Å². The van der Waals surface area contributed by atoms with Gasteiger partial charge in [-0.1, -0.05) is 43.0 Å². The summed E-state index contributed by atoms with van der Waals surface area (Å²) in [5.74, 6) is 0. The van der Waals surface area contributed by atoms with Crippen molar-refractivity contribution in [3.63, 3.8) is 0 Å². The van der Waals surface area contributed by atoms with E-state index in [9.17, 15) is 0 Å². The Morgan fingerprint density at radius 2 is 1.79 bits per heavy atom. The zero-order valence-electron chi connectivity index (χ0n) is 11.9. The predicted molar refractivity (Wildman–Crippen MR) is 82.6 cm³/mol. The molecule has 0 spiro atoms. The van der Waals surface area contributed by atoms with Crippen LogP contribution in [0.5, 0.6) is 0 Å². The van der Waals surface area contributed by atoms with Crippen molar-refractivity contribution in [2.45, 2.75) is 45.1 Å². The van der Waals surface area contributed by atoms with Gasteiger partial charge in [0.05, 0.1) is 0 Å². The van der Waals surface area contributed by atoms with E-state index in [2.05, 4.69) is 23.1 Å². The number of hydrogen-bond donors (Lipinski definition) is 1. The quantitative estimate of drug-likeness (QED) is 0.909. The third-order valence-corrected chi connectivity index (χ3v) is 4.54. The van der Waals surface area contributed by atoms with E-state index in [1.807, 2.05) is 6.92 Å². The lowest BCUT2D eigenvalue weighted by Crippen LogP contribution is -2.36. The maximum atomic E-state index is 6.25. The molecule has 1 heterocycles. The zero-order chi connectivity index (χ0) is 13.7. The third-order valence-electron chi connectivity index (χ3n) is 4.14. The highest BCUT2D eigenvalue weighted by molar-refractivity contribution is 6.31. The van der Waals surface area contributed by atoms with Crippen LogP contribution >= 0.6 is 11.6 Å². The minimum Gasteiger partial charge on any atom is -0.329 e. The first-order valence-corrected chi connectivity index (χ1v) is 7.80. The minimum absolute atomic E-state index is 0.316. The summed E-state index contributed by atoms with van der Waals surface area (Å²) >= 11 is 6.25. The van der Waals surface area contributed by atoms with E-state index < -0.39 is 0 Å². The van der Waals surface area contributed by atoms with Crippen molar-refractivity contribution in [1.29, 1.82) is 0 Å². The molecule has 106 valence electrons. The zero-order valence-corrected chi connectivity index (χ0v) is 12.6. The van der Waals surface area contributed by atoms with Crippen LogP contribution in [0.3, 0.4) is 0 Å². The first kappa shape index (κ1) is 14.8. The van der Waals surface area contributed by atoms with Crippen molar-refractivity contribution in [2.24, 2.45) is 5.73 Å². The normalized spacial score (nSPS) is 19.7. The monoisotopic (exact) mass is 280 g/mol. The van der Waals surface area contributed by atoms with Crippen LogP contribution in [-0.4, -0.2) is 24.5 Å². The summed E-state index contributed by atoms with van der Waals surface area (Å²) in [7, 11) is 0. The maximum absolute atomic E-state index is 6.25. The Labute approximate surface area is 121 Å². The van der Waals surface area contributed by atoms with Crippen molar-refractivity contribution >= 4 is 11.6 Å². The predicted octanol–water partition coefficient (Wildman–Crippen LogP) is 3.91. The second kappa shape index (κ2) is 7.28. The van der Waals surface area contributed by atoms with Crippen LogP contribution in [-0.2, 0) is 0 Å². The van der Waals surface area contributed by atoms with Crippen LogP contribution in [0, 0.1) is 6.92 Å². The molecule has 1 aliphatic rings. The Balaban J connectivity index is 2.14. The van der Waals surface area contributed by atoms with Gasteiger partial charge in [-0.15, -0.1) is 0 Å². The molecule has 1 fully saturated rings. The summed E-state index contributed by atoms with van der Waals surface area (Å²) in [6.07, 6.45) is 6.66. The maximum Gasteiger partial charge on any atom is 0.0470 e. The number of nitrogens with zero attached hydrogens (tertiary/aromatic N) is 1. The van der Waals surface area contributed by atoms with Crippen LogP contribution in [0.2, 0.25) is 5.02 Å². The topological polar surface area (TPSA) is 29.3 Å². The Bertz CT molecular complexity index is 398. The van der Waals surface area contributed by atoms with E-state index in [-0.39, 0.29) is 0 Å². The molecule has 2 nitrogen and oxygen atoms in total. The lowest BCUT2D eigenvalue weighted by atomic mass is 10.0. The molecule has 0 amide bonds. The molecular formula is C16H25ClN2. The van der Waals surface area contributed by atoms with E-state index in [4.69, 9.17) is 17.3 Å². The van der Waals surface area contributed by atoms with Gasteiger partial charge in [-0.05, 0) is 50.0 Å². The van der Waals surface area contributed by atoms with E-state index in [1.54, 1.807) is 0 Å². The molecular weight excluding hydrogens is 256 g/mol. The standard InChI is InChI=1S/C16H25ClN2/c1-13-7-8-14(11-15(13)17)16(12-18)19-9-5-3-2-4-6-10-19/h7-8,11,16H,2-6,9-10,12,18H2,1H3. The molecule has 2 N–H and O–H groups in total. The van der Waals surface area contributed by atoms with E-state index in [0.29, 0.717) is 12.6 Å². The molecule has 1 saturated heterocycles. The molecule has 0 aromatic heterocycles. The van der Waals surface area contributed by atoms with Gasteiger partial charge < -0.3 is 5.73 Å². The lowest BCUT2D eigenvalue weighted by Gasteiger charge is -2.32. The number of benzene rings is 1. The molecule has 2 rings (SSSR count). The Kier molecular flexibility index (Phi) is 5.68. The molecule has 3 heteroatoms. The van der Waals surface area contributed by atoms with Gasteiger partial charge in [-0.25, -0.2) is 0 Å². The first-order valence-electron chi connectivity index (χ1n) is 7.42. The summed E-state index contributed by atoms with van der Waals surface area (Å²) in [4.78, 5) is 2.54. The van der Waals surface area contributed by atoms with Crippen LogP contribution in [0.25, 0.3) is 0 Å². The van der Waals surface area contributed by atoms with Gasteiger partial charge in [0.2, 0.25) is 0 Å². The largest absolute Gasteiger partial charge is 0.329 e. The lowest BCUT2D eigenvalue weighted by molar-refractivity contribution is 0.183. The molecule has 1 atom stereocenters. The fraction of sp³-hybridized carbons (Fsp3) is 0.625. The number of likely N-dealkylation sites (tertiary alicyclic amines) is 1. The Morgan fingerprint density at radius 3 is 2.37 bits per heavy atom. The number of rotatable bonds is 3. The van der Waals surface area contributed by atoms with Gasteiger partial charge >= 0.3 is 0 Å². The molecule has 0 radical (unpaired) electrons. The fourth-order valence-electron chi connectivity index (χ4n) is 2.90. The average Bonchev–Trinajstić information content (AvgIpc) is 2.36. The van der Waals surface area contributed by atoms with Gasteiger partial charge in [-0.2, -0.15) is 0 Å². The smallest absolute Gasteiger partial charge is 0.0470 e. The van der Waals surface area contributed by atoms with Gasteiger partial charge in [-0.3, -0.25) is 4.90 Å².